The maximum Gasteiger partial charge on any atom is 0.238 e. The number of carbonyl (C=O) groups is 1. The molecule has 1 aromatic rings. The molecule has 0 aliphatic carbocycles. The highest BCUT2D eigenvalue weighted by molar-refractivity contribution is 9.11. The first-order valence-electron chi connectivity index (χ1n) is 7.65. The summed E-state index contributed by atoms with van der Waals surface area (Å²) in [5, 5.41) is 13.7. The first-order valence-corrected chi connectivity index (χ1v) is 9.38. The topological polar surface area (TPSA) is 65.4 Å². The summed E-state index contributed by atoms with van der Waals surface area (Å²) in [5.74, 6) is 0.482. The predicted octanol–water partition coefficient (Wildman–Crippen LogP) is 3.28. The molecule has 0 spiro atoms. The Hall–Kier alpha value is -1.47. The van der Waals surface area contributed by atoms with Gasteiger partial charge in [0.15, 0.2) is 5.96 Å². The van der Waals surface area contributed by atoms with E-state index in [0.717, 1.165) is 22.2 Å². The molecule has 1 amide bonds. The normalized spacial score (nSPS) is 30.2. The number of hydrogen-bond acceptors (Lipinski definition) is 4. The van der Waals surface area contributed by atoms with E-state index in [1.165, 1.54) is 4.90 Å². The smallest absolute Gasteiger partial charge is 0.238 e. The van der Waals surface area contributed by atoms with Crippen LogP contribution in [0.3, 0.4) is 0 Å². The lowest BCUT2D eigenvalue weighted by Crippen LogP contribution is -2.67. The number of methoxy groups -OCH3 is 1. The molecule has 3 rings (SSSR count). The van der Waals surface area contributed by atoms with Crippen LogP contribution in [-0.2, 0) is 4.79 Å². The van der Waals surface area contributed by atoms with Crippen molar-refractivity contribution in [3.05, 3.63) is 39.7 Å². The number of halogens is 1. The number of guanidine groups is 1. The van der Waals surface area contributed by atoms with Gasteiger partial charge in [-0.3, -0.25) is 15.1 Å². The number of rotatable bonds is 3. The van der Waals surface area contributed by atoms with Crippen LogP contribution in [0.2, 0.25) is 0 Å². The molecule has 5 nitrogen and oxygen atoms in total. The minimum absolute atomic E-state index is 0.0601. The van der Waals surface area contributed by atoms with Crippen molar-refractivity contribution in [2.45, 2.75) is 30.1 Å². The summed E-state index contributed by atoms with van der Waals surface area (Å²) >= 11 is 5.26. The summed E-state index contributed by atoms with van der Waals surface area (Å²) in [5.41, 5.74) is 0.380. The molecule has 1 aromatic carbocycles. The molecule has 128 valence electrons. The molecule has 3 atom stereocenters. The molecule has 1 saturated heterocycles. The summed E-state index contributed by atoms with van der Waals surface area (Å²) in [7, 11) is 3.27. The molecule has 0 radical (unpaired) electrons. The van der Waals surface area contributed by atoms with Gasteiger partial charge in [0.25, 0.3) is 0 Å². The summed E-state index contributed by atoms with van der Waals surface area (Å²) in [6.45, 7) is 2.04. The second kappa shape index (κ2) is 6.44. The predicted molar refractivity (Wildman–Crippen MR) is 101 cm³/mol. The fourth-order valence-electron chi connectivity index (χ4n) is 3.31. The van der Waals surface area contributed by atoms with Crippen molar-refractivity contribution in [1.29, 1.82) is 5.41 Å². The lowest BCUT2D eigenvalue weighted by molar-refractivity contribution is -0.131. The van der Waals surface area contributed by atoms with E-state index in [-0.39, 0.29) is 23.0 Å². The molecular weight excluding hydrogens is 390 g/mol. The lowest BCUT2D eigenvalue weighted by atomic mass is 9.75. The van der Waals surface area contributed by atoms with Crippen LogP contribution < -0.4 is 10.1 Å². The van der Waals surface area contributed by atoms with Crippen LogP contribution in [0.1, 0.15) is 24.8 Å². The Kier molecular flexibility index (Phi) is 4.66. The van der Waals surface area contributed by atoms with E-state index in [1.807, 2.05) is 31.2 Å². The molecule has 2 heterocycles. The van der Waals surface area contributed by atoms with Crippen molar-refractivity contribution in [1.82, 2.24) is 10.2 Å². The second-order valence-corrected chi connectivity index (χ2v) is 8.35. The van der Waals surface area contributed by atoms with Gasteiger partial charge in [0.05, 0.1) is 18.6 Å². The number of amides is 1. The number of nitrogens with zero attached hydrogens (tertiary/aromatic N) is 1. The van der Waals surface area contributed by atoms with Crippen LogP contribution in [0.25, 0.3) is 0 Å². The summed E-state index contributed by atoms with van der Waals surface area (Å²) in [6.07, 6.45) is 0.838. The highest BCUT2D eigenvalue weighted by atomic mass is 79.9. The van der Waals surface area contributed by atoms with Crippen molar-refractivity contribution in [3.63, 3.8) is 0 Å². The average Bonchev–Trinajstić information content (AvgIpc) is 3.01. The molecule has 2 aliphatic rings. The zero-order chi connectivity index (χ0) is 17.5. The zero-order valence-electron chi connectivity index (χ0n) is 13.8. The third-order valence-electron chi connectivity index (χ3n) is 4.76. The maximum atomic E-state index is 13.0. The molecule has 1 fully saturated rings. The van der Waals surface area contributed by atoms with Gasteiger partial charge in [-0.15, -0.1) is 11.8 Å². The Morgan fingerprint density at radius 1 is 1.42 bits per heavy atom. The molecule has 0 saturated carbocycles. The van der Waals surface area contributed by atoms with Crippen LogP contribution in [0.15, 0.2) is 34.2 Å². The molecule has 7 heteroatoms. The number of hydrogen-bond donors (Lipinski definition) is 2. The molecule has 0 aromatic heterocycles. The number of nitrogens with one attached hydrogen (secondary N) is 2. The molecule has 0 bridgehead atoms. The SMILES string of the molecule is COc1ccc([C@@H]2C(=O)N(C)C(=N)N[C@]2(C)C2CC(Br)=CS2)cc1. The Morgan fingerprint density at radius 2 is 2.08 bits per heavy atom. The first-order chi connectivity index (χ1) is 11.4. The molecular formula is C17H20BrN3O2S. The average molecular weight is 410 g/mol. The lowest BCUT2D eigenvalue weighted by Gasteiger charge is -2.48. The zero-order valence-corrected chi connectivity index (χ0v) is 16.2. The third-order valence-corrected chi connectivity index (χ3v) is 7.02. The summed E-state index contributed by atoms with van der Waals surface area (Å²) in [6, 6.07) is 7.62. The van der Waals surface area contributed by atoms with E-state index >= 15 is 0 Å². The van der Waals surface area contributed by atoms with E-state index in [9.17, 15) is 4.79 Å². The van der Waals surface area contributed by atoms with E-state index in [1.54, 1.807) is 25.9 Å². The van der Waals surface area contributed by atoms with Gasteiger partial charge in [0.1, 0.15) is 5.75 Å². The Balaban J connectivity index is 2.02. The van der Waals surface area contributed by atoms with E-state index < -0.39 is 5.54 Å². The highest BCUT2D eigenvalue weighted by Gasteiger charge is 2.52. The molecule has 1 unspecified atom stereocenters. The van der Waals surface area contributed by atoms with Gasteiger partial charge in [-0.25, -0.2) is 0 Å². The van der Waals surface area contributed by atoms with Gasteiger partial charge in [0, 0.05) is 16.8 Å². The van der Waals surface area contributed by atoms with Gasteiger partial charge in [-0.05, 0) is 36.4 Å². The van der Waals surface area contributed by atoms with Crippen molar-refractivity contribution < 1.29 is 9.53 Å². The number of benzene rings is 1. The Bertz CT molecular complexity index is 706. The monoisotopic (exact) mass is 409 g/mol. The summed E-state index contributed by atoms with van der Waals surface area (Å²) in [4.78, 5) is 14.4. The second-order valence-electron chi connectivity index (χ2n) is 6.25. The fourth-order valence-corrected chi connectivity index (χ4v) is 5.33. The number of ether oxygens (including phenoxy) is 1. The molecule has 2 N–H and O–H groups in total. The molecule has 2 aliphatic heterocycles. The van der Waals surface area contributed by atoms with Crippen LogP contribution in [0, 0.1) is 5.41 Å². The number of thioether (sulfide) groups is 1. The minimum Gasteiger partial charge on any atom is -0.497 e. The third kappa shape index (κ3) is 2.84. The summed E-state index contributed by atoms with van der Waals surface area (Å²) < 4.78 is 6.36. The maximum absolute atomic E-state index is 13.0. The van der Waals surface area contributed by atoms with Crippen LogP contribution in [0.5, 0.6) is 5.75 Å². The first kappa shape index (κ1) is 17.4. The quantitative estimate of drug-likeness (QED) is 0.803. The van der Waals surface area contributed by atoms with E-state index in [0.29, 0.717) is 0 Å². The van der Waals surface area contributed by atoms with Crippen molar-refractivity contribution in [3.8, 4) is 5.75 Å². The van der Waals surface area contributed by atoms with Gasteiger partial charge in [0.2, 0.25) is 5.91 Å². The number of allylic oxidation sites excluding steroid dienone is 1. The van der Waals surface area contributed by atoms with Crippen molar-refractivity contribution >= 4 is 39.6 Å². The van der Waals surface area contributed by atoms with Crippen LogP contribution in [-0.4, -0.2) is 41.7 Å². The number of likely N-dealkylation sites (N-methyl/N-ethyl adjacent to an activating group) is 1. The Morgan fingerprint density at radius 3 is 2.62 bits per heavy atom. The van der Waals surface area contributed by atoms with Crippen LogP contribution >= 0.6 is 27.7 Å². The minimum atomic E-state index is -0.550. The Labute approximate surface area is 154 Å². The van der Waals surface area contributed by atoms with Gasteiger partial charge >= 0.3 is 0 Å². The molecule has 24 heavy (non-hydrogen) atoms. The number of carbonyl (C=O) groups excluding carboxylic acids is 1. The largest absolute Gasteiger partial charge is 0.497 e. The van der Waals surface area contributed by atoms with Crippen molar-refractivity contribution in [2.75, 3.05) is 14.2 Å². The van der Waals surface area contributed by atoms with Gasteiger partial charge < -0.3 is 10.1 Å². The van der Waals surface area contributed by atoms with Crippen molar-refractivity contribution in [2.24, 2.45) is 0 Å². The van der Waals surface area contributed by atoms with Gasteiger partial charge in [-0.1, -0.05) is 28.1 Å². The van der Waals surface area contributed by atoms with E-state index in [4.69, 9.17) is 10.1 Å². The van der Waals surface area contributed by atoms with Gasteiger partial charge in [-0.2, -0.15) is 0 Å². The highest BCUT2D eigenvalue weighted by Crippen LogP contribution is 2.47. The standard InChI is InChI=1S/C17H20BrN3O2S/c1-17(13-8-11(18)9-24-13)14(15(22)21(2)16(19)20-17)10-4-6-12(23-3)7-5-10/h4-7,9,13-14H,8H2,1-3H3,(H2,19,20)/t13?,14-,17-/m1/s1. The van der Waals surface area contributed by atoms with Crippen LogP contribution in [0.4, 0.5) is 0 Å². The van der Waals surface area contributed by atoms with E-state index in [2.05, 4.69) is 26.7 Å². The fraction of sp³-hybridized carbons (Fsp3) is 0.412.